The Hall–Kier alpha value is -2.88. The number of carbonyl (C=O) groups is 1. The molecule has 0 rings (SSSR count). The fraction of sp³-hybridized carbons (Fsp3) is 0.642. The fourth-order valence-corrected chi connectivity index (χ4v) is 6.91. The van der Waals surface area contributed by atoms with E-state index < -0.39 is 32.7 Å². The van der Waals surface area contributed by atoms with E-state index in [1.807, 2.05) is 21.1 Å². The Bertz CT molecular complexity index is 1410. The zero-order valence-corrected chi connectivity index (χ0v) is 41.2. The summed E-state index contributed by atoms with van der Waals surface area (Å²) in [5.41, 5.74) is 0. The van der Waals surface area contributed by atoms with E-state index >= 15 is 0 Å². The first-order valence-corrected chi connectivity index (χ1v) is 25.8. The highest BCUT2D eigenvalue weighted by Gasteiger charge is 2.29. The third-order valence-electron chi connectivity index (χ3n) is 10.1. The van der Waals surface area contributed by atoms with Gasteiger partial charge in [0.2, 0.25) is 5.91 Å². The van der Waals surface area contributed by atoms with Gasteiger partial charge in [0.05, 0.1) is 39.9 Å². The molecule has 0 aliphatic rings. The van der Waals surface area contributed by atoms with Gasteiger partial charge in [-0.2, -0.15) is 0 Å². The molecule has 3 N–H and O–H groups in total. The third-order valence-corrected chi connectivity index (χ3v) is 11.0. The van der Waals surface area contributed by atoms with Crippen LogP contribution in [0.15, 0.2) is 109 Å². The van der Waals surface area contributed by atoms with Crippen molar-refractivity contribution in [3.8, 4) is 0 Å². The van der Waals surface area contributed by atoms with E-state index in [1.165, 1.54) is 19.3 Å². The van der Waals surface area contributed by atoms with Crippen LogP contribution in [0, 0.1) is 0 Å². The summed E-state index contributed by atoms with van der Waals surface area (Å²) in [5.74, 6) is -0.318. The number of nitrogens with one attached hydrogen (secondary N) is 1. The summed E-state index contributed by atoms with van der Waals surface area (Å²) in [6.45, 7) is 4.21. The number of phosphoric acid groups is 1. The number of aliphatic hydroxyl groups is 2. The van der Waals surface area contributed by atoms with Crippen molar-refractivity contribution in [2.24, 2.45) is 0 Å². The van der Waals surface area contributed by atoms with E-state index in [0.717, 1.165) is 103 Å². The predicted molar refractivity (Wildman–Crippen MR) is 266 cm³/mol. The average Bonchev–Trinajstić information content (AvgIpc) is 3.24. The topological polar surface area (TPSA) is 128 Å². The average molecular weight is 899 g/mol. The number of likely N-dealkylation sites (N-methyl/N-ethyl adjacent to an activating group) is 1. The van der Waals surface area contributed by atoms with Crippen molar-refractivity contribution in [1.82, 2.24) is 5.32 Å². The molecule has 1 amide bonds. The highest BCUT2D eigenvalue weighted by Crippen LogP contribution is 2.38. The van der Waals surface area contributed by atoms with Crippen LogP contribution in [-0.4, -0.2) is 79.8 Å². The second-order valence-corrected chi connectivity index (χ2v) is 18.6. The van der Waals surface area contributed by atoms with Gasteiger partial charge in [0, 0.05) is 6.42 Å². The first-order valence-electron chi connectivity index (χ1n) is 24.3. The number of carbonyl (C=O) groups excluding carboxylic acids is 1. The van der Waals surface area contributed by atoms with Gasteiger partial charge in [0.1, 0.15) is 19.3 Å². The van der Waals surface area contributed by atoms with Crippen LogP contribution in [-0.2, 0) is 18.4 Å². The Morgan fingerprint density at radius 1 is 0.587 bits per heavy atom. The maximum atomic E-state index is 12.9. The molecule has 9 nitrogen and oxygen atoms in total. The van der Waals surface area contributed by atoms with Gasteiger partial charge in [-0.05, 0) is 109 Å². The number of phosphoric ester groups is 1. The summed E-state index contributed by atoms with van der Waals surface area (Å²) in [4.78, 5) is 25.4. The lowest BCUT2D eigenvalue weighted by Gasteiger charge is -2.31. The third kappa shape index (κ3) is 44.1. The van der Waals surface area contributed by atoms with Gasteiger partial charge in [0.25, 0.3) is 7.82 Å². The molecule has 0 saturated heterocycles. The number of unbranched alkanes of at least 4 members (excludes halogenated alkanes) is 10. The molecule has 0 saturated carbocycles. The monoisotopic (exact) mass is 899 g/mol. The minimum Gasteiger partial charge on any atom is -0.756 e. The fourth-order valence-electron chi connectivity index (χ4n) is 6.19. The highest BCUT2D eigenvalue weighted by molar-refractivity contribution is 7.45. The molecular weight excluding hydrogens is 808 g/mol. The SMILES string of the molecule is CC/C=C\C/C=C\C/C=C\C/C=C\C/C=C\C/C=C\C/C=C\CCCCCCCC(=O)NC(COP(=O)([O-])OCC[N+](C)(C)C)C(O)C(O)CCC/C=C/CC/C=C/CCCCC. The van der Waals surface area contributed by atoms with E-state index in [-0.39, 0.29) is 18.9 Å². The lowest BCUT2D eigenvalue weighted by atomic mass is 10.0. The molecular formula is C53H91N2O7P. The maximum absolute atomic E-state index is 12.9. The number of quaternary nitrogens is 1. The van der Waals surface area contributed by atoms with E-state index in [4.69, 9.17) is 9.05 Å². The van der Waals surface area contributed by atoms with Crippen LogP contribution in [0.1, 0.15) is 162 Å². The predicted octanol–water partition coefficient (Wildman–Crippen LogP) is 12.4. The number of rotatable bonds is 42. The maximum Gasteiger partial charge on any atom is 0.268 e. The number of amides is 1. The molecule has 0 aromatic carbocycles. The zero-order valence-electron chi connectivity index (χ0n) is 40.3. The zero-order chi connectivity index (χ0) is 46.5. The Kier molecular flexibility index (Phi) is 41.1. The van der Waals surface area contributed by atoms with Gasteiger partial charge in [0.15, 0.2) is 0 Å². The summed E-state index contributed by atoms with van der Waals surface area (Å²) >= 11 is 0. The van der Waals surface area contributed by atoms with Crippen LogP contribution in [0.2, 0.25) is 0 Å². The molecule has 0 fully saturated rings. The van der Waals surface area contributed by atoms with Crippen LogP contribution >= 0.6 is 7.82 Å². The lowest BCUT2D eigenvalue weighted by Crippen LogP contribution is -2.51. The van der Waals surface area contributed by atoms with Crippen LogP contribution in [0.25, 0.3) is 0 Å². The molecule has 4 unspecified atom stereocenters. The van der Waals surface area contributed by atoms with Crippen LogP contribution in [0.4, 0.5) is 0 Å². The first-order chi connectivity index (χ1) is 30.4. The van der Waals surface area contributed by atoms with Gasteiger partial charge in [-0.3, -0.25) is 9.36 Å². The van der Waals surface area contributed by atoms with Crippen molar-refractivity contribution in [3.05, 3.63) is 109 Å². The molecule has 0 aromatic heterocycles. The second-order valence-electron chi connectivity index (χ2n) is 17.2. The smallest absolute Gasteiger partial charge is 0.268 e. The molecule has 0 heterocycles. The van der Waals surface area contributed by atoms with Crippen LogP contribution in [0.3, 0.4) is 0 Å². The van der Waals surface area contributed by atoms with Gasteiger partial charge in [-0.1, -0.05) is 155 Å². The molecule has 0 aromatic rings. The second kappa shape index (κ2) is 43.0. The largest absolute Gasteiger partial charge is 0.756 e. The van der Waals surface area contributed by atoms with Crippen molar-refractivity contribution >= 4 is 13.7 Å². The summed E-state index contributed by atoms with van der Waals surface area (Å²) in [7, 11) is 1.06. The van der Waals surface area contributed by atoms with E-state index in [1.54, 1.807) is 0 Å². The van der Waals surface area contributed by atoms with Gasteiger partial charge in [-0.25, -0.2) is 0 Å². The standard InChI is InChI=1S/C53H91N2O7P/c1-6-8-10-12-14-16-18-20-21-22-23-24-25-26-27-28-29-30-31-32-33-34-36-38-40-42-44-46-52(57)54-50(49-62-63(59,60)61-48-47-55(3,4)5)53(58)51(56)45-43-41-39-37-35-19-17-15-13-11-9-7-2/h8,10,14-17,20-21,23-24,26-27,29-30,32-33,37,39,50-51,53,56,58H,6-7,9,11-13,18-19,22,25,28,31,34-36,38,40-49H2,1-5H3,(H-,54,57,59,60)/b10-8-,16-14-,17-15+,21-20-,24-23-,27-26-,30-29-,33-32-,39-37+. The minimum absolute atomic E-state index is 0.0597. The van der Waals surface area contributed by atoms with Gasteiger partial charge in [-0.15, -0.1) is 0 Å². The minimum atomic E-state index is -4.69. The van der Waals surface area contributed by atoms with Crippen molar-refractivity contribution in [3.63, 3.8) is 0 Å². The quantitative estimate of drug-likeness (QED) is 0.0241. The van der Waals surface area contributed by atoms with Gasteiger partial charge >= 0.3 is 0 Å². The van der Waals surface area contributed by atoms with Crippen LogP contribution in [0.5, 0.6) is 0 Å². The van der Waals surface area contributed by atoms with Crippen LogP contribution < -0.4 is 10.2 Å². The number of aliphatic hydroxyl groups excluding tert-OH is 2. The normalized spacial score (nSPS) is 15.6. The van der Waals surface area contributed by atoms with E-state index in [9.17, 15) is 24.5 Å². The summed E-state index contributed by atoms with van der Waals surface area (Å²) in [6, 6.07) is -1.11. The van der Waals surface area contributed by atoms with E-state index in [2.05, 4.69) is 129 Å². The molecule has 0 aliphatic carbocycles. The lowest BCUT2D eigenvalue weighted by molar-refractivity contribution is -0.870. The van der Waals surface area contributed by atoms with E-state index in [0.29, 0.717) is 30.3 Å². The van der Waals surface area contributed by atoms with Crippen molar-refractivity contribution in [1.29, 1.82) is 0 Å². The van der Waals surface area contributed by atoms with Crippen molar-refractivity contribution in [2.75, 3.05) is 40.9 Å². The van der Waals surface area contributed by atoms with Crippen molar-refractivity contribution in [2.45, 2.75) is 180 Å². The van der Waals surface area contributed by atoms with Crippen molar-refractivity contribution < 1.29 is 38.0 Å². The van der Waals surface area contributed by atoms with Gasteiger partial charge < -0.3 is 34.0 Å². The molecule has 63 heavy (non-hydrogen) atoms. The summed E-state index contributed by atoms with van der Waals surface area (Å²) < 4.78 is 23.1. The number of allylic oxidation sites excluding steroid dienone is 18. The molecule has 0 bridgehead atoms. The highest BCUT2D eigenvalue weighted by atomic mass is 31.2. The first kappa shape index (κ1) is 60.1. The Morgan fingerprint density at radius 2 is 1.02 bits per heavy atom. The summed E-state index contributed by atoms with van der Waals surface area (Å²) in [5, 5.41) is 24.6. The Morgan fingerprint density at radius 3 is 1.52 bits per heavy atom. The Labute approximate surface area is 385 Å². The molecule has 0 aliphatic heterocycles. The molecule has 0 spiro atoms. The molecule has 4 atom stereocenters. The molecule has 0 radical (unpaired) electrons. The molecule has 360 valence electrons. The molecule has 10 heteroatoms. The number of hydrogen-bond acceptors (Lipinski definition) is 7. The summed E-state index contributed by atoms with van der Waals surface area (Å²) in [6.07, 6.45) is 58.5. The Balaban J connectivity index is 4.46. The number of nitrogens with zero attached hydrogens (tertiary/aromatic N) is 1. The number of hydrogen-bond donors (Lipinski definition) is 3.